The molecule has 1 aromatic rings. The molecule has 0 heterocycles. The molecule has 14 heavy (non-hydrogen) atoms. The number of benzene rings is 1. The lowest BCUT2D eigenvalue weighted by atomic mass is 10.2. The fourth-order valence-electron chi connectivity index (χ4n) is 0.872. The van der Waals surface area contributed by atoms with Gasteiger partial charge in [-0.1, -0.05) is 12.1 Å². The summed E-state index contributed by atoms with van der Waals surface area (Å²) in [6.07, 6.45) is 0. The fraction of sp³-hybridized carbons (Fsp3) is 0.200. The molecule has 0 aliphatic heterocycles. The third-order valence-electron chi connectivity index (χ3n) is 1.50. The normalized spacial score (nSPS) is 9.57. The molecule has 0 atom stereocenters. The second kappa shape index (κ2) is 4.91. The summed E-state index contributed by atoms with van der Waals surface area (Å²) in [4.78, 5) is 21.9. The number of hydrogen-bond acceptors (Lipinski definition) is 3. The van der Waals surface area contributed by atoms with Crippen molar-refractivity contribution in [1.29, 1.82) is 0 Å². The predicted octanol–water partition coefficient (Wildman–Crippen LogP) is 2.19. The Hall–Kier alpha value is -1.16. The zero-order valence-corrected chi connectivity index (χ0v) is 9.21. The maximum absolute atomic E-state index is 11.4. The molecule has 0 N–H and O–H groups in total. The molecule has 0 radical (unpaired) electrons. The average molecular weight is 257 g/mol. The van der Waals surface area contributed by atoms with E-state index in [4.69, 9.17) is 4.74 Å². The summed E-state index contributed by atoms with van der Waals surface area (Å²) < 4.78 is 5.41. The summed E-state index contributed by atoms with van der Waals surface area (Å²) in [7, 11) is 0. The van der Waals surface area contributed by atoms with E-state index in [0.29, 0.717) is 10.0 Å². The monoisotopic (exact) mass is 256 g/mol. The highest BCUT2D eigenvalue weighted by Crippen LogP contribution is 2.16. The van der Waals surface area contributed by atoms with E-state index >= 15 is 0 Å². The van der Waals surface area contributed by atoms with E-state index in [1.165, 1.54) is 6.92 Å². The largest absolute Gasteiger partial charge is 0.454 e. The van der Waals surface area contributed by atoms with Crippen LogP contribution in [-0.2, 0) is 9.53 Å². The lowest BCUT2D eigenvalue weighted by Crippen LogP contribution is -2.11. The molecular formula is C10H9BrO3. The third-order valence-corrected chi connectivity index (χ3v) is 2.19. The maximum Gasteiger partial charge on any atom is 0.339 e. The van der Waals surface area contributed by atoms with Crippen molar-refractivity contribution in [2.45, 2.75) is 6.92 Å². The van der Waals surface area contributed by atoms with Crippen LogP contribution in [0, 0.1) is 0 Å². The van der Waals surface area contributed by atoms with Crippen molar-refractivity contribution >= 4 is 27.7 Å². The molecule has 4 heteroatoms. The van der Waals surface area contributed by atoms with Crippen LogP contribution < -0.4 is 0 Å². The molecule has 0 spiro atoms. The van der Waals surface area contributed by atoms with Gasteiger partial charge in [0.1, 0.15) is 6.61 Å². The molecule has 0 saturated carbocycles. The molecule has 3 nitrogen and oxygen atoms in total. The second-order valence-corrected chi connectivity index (χ2v) is 3.61. The van der Waals surface area contributed by atoms with Gasteiger partial charge < -0.3 is 4.74 Å². The van der Waals surface area contributed by atoms with Gasteiger partial charge in [-0.15, -0.1) is 0 Å². The first kappa shape index (κ1) is 10.9. The van der Waals surface area contributed by atoms with Crippen LogP contribution in [0.3, 0.4) is 0 Å². The Morgan fingerprint density at radius 1 is 1.36 bits per heavy atom. The first-order valence-corrected chi connectivity index (χ1v) is 4.81. The summed E-state index contributed by atoms with van der Waals surface area (Å²) in [6.45, 7) is 1.19. The highest BCUT2D eigenvalue weighted by Gasteiger charge is 2.10. The van der Waals surface area contributed by atoms with Gasteiger partial charge in [0.25, 0.3) is 0 Å². The average Bonchev–Trinajstić information content (AvgIpc) is 2.15. The van der Waals surface area contributed by atoms with Crippen molar-refractivity contribution in [3.05, 3.63) is 34.3 Å². The van der Waals surface area contributed by atoms with Crippen molar-refractivity contribution in [1.82, 2.24) is 0 Å². The van der Waals surface area contributed by atoms with Gasteiger partial charge in [-0.2, -0.15) is 0 Å². The number of carbonyl (C=O) groups is 2. The zero-order chi connectivity index (χ0) is 10.6. The van der Waals surface area contributed by atoms with Crippen LogP contribution in [0.2, 0.25) is 0 Å². The van der Waals surface area contributed by atoms with Crippen LogP contribution in [0.25, 0.3) is 0 Å². The smallest absolute Gasteiger partial charge is 0.339 e. The number of carbonyl (C=O) groups excluding carboxylic acids is 2. The van der Waals surface area contributed by atoms with Crippen molar-refractivity contribution in [2.75, 3.05) is 6.61 Å². The van der Waals surface area contributed by atoms with E-state index in [9.17, 15) is 9.59 Å². The molecule has 74 valence electrons. The Labute approximate surface area is 90.2 Å². The van der Waals surface area contributed by atoms with E-state index in [0.717, 1.165) is 0 Å². The Kier molecular flexibility index (Phi) is 3.83. The van der Waals surface area contributed by atoms with Crippen molar-refractivity contribution in [3.8, 4) is 0 Å². The first-order chi connectivity index (χ1) is 6.61. The summed E-state index contributed by atoms with van der Waals surface area (Å²) in [5, 5.41) is 0. The summed E-state index contributed by atoms with van der Waals surface area (Å²) in [5.41, 5.74) is 0.425. The van der Waals surface area contributed by atoms with Gasteiger partial charge in [-0.05, 0) is 35.0 Å². The number of rotatable bonds is 3. The van der Waals surface area contributed by atoms with E-state index in [-0.39, 0.29) is 12.4 Å². The van der Waals surface area contributed by atoms with Gasteiger partial charge in [0.05, 0.1) is 5.56 Å². The molecule has 0 aliphatic rings. The van der Waals surface area contributed by atoms with E-state index in [1.54, 1.807) is 24.3 Å². The quantitative estimate of drug-likeness (QED) is 0.779. The van der Waals surface area contributed by atoms with Crippen LogP contribution in [0.5, 0.6) is 0 Å². The number of hydrogen-bond donors (Lipinski definition) is 0. The van der Waals surface area contributed by atoms with Crippen molar-refractivity contribution < 1.29 is 14.3 Å². The number of esters is 1. The Morgan fingerprint density at radius 3 is 2.57 bits per heavy atom. The highest BCUT2D eigenvalue weighted by atomic mass is 79.9. The maximum atomic E-state index is 11.4. The predicted molar refractivity (Wildman–Crippen MR) is 55.1 cm³/mol. The number of ether oxygens (including phenoxy) is 1. The van der Waals surface area contributed by atoms with E-state index in [1.807, 2.05) is 0 Å². The Morgan fingerprint density at radius 2 is 2.00 bits per heavy atom. The number of ketones is 1. The summed E-state index contributed by atoms with van der Waals surface area (Å²) in [6, 6.07) is 6.90. The van der Waals surface area contributed by atoms with Crippen LogP contribution in [-0.4, -0.2) is 18.4 Å². The summed E-state index contributed by atoms with van der Waals surface area (Å²) in [5.74, 6) is -0.668. The molecule has 0 fully saturated rings. The van der Waals surface area contributed by atoms with Gasteiger partial charge in [0, 0.05) is 4.47 Å². The molecule has 0 bridgehead atoms. The minimum atomic E-state index is -0.493. The van der Waals surface area contributed by atoms with Crippen LogP contribution in [0.1, 0.15) is 17.3 Å². The molecule has 0 aliphatic carbocycles. The van der Waals surface area contributed by atoms with Gasteiger partial charge >= 0.3 is 5.97 Å². The van der Waals surface area contributed by atoms with Gasteiger partial charge in [0.15, 0.2) is 5.78 Å². The standard InChI is InChI=1S/C10H9BrO3/c1-7(12)6-14-10(13)8-4-2-3-5-9(8)11/h2-5H,6H2,1H3. The minimum absolute atomic E-state index is 0.176. The van der Waals surface area contributed by atoms with Crippen LogP contribution in [0.15, 0.2) is 28.7 Å². The Bertz CT molecular complexity index is 360. The molecule has 0 aromatic heterocycles. The topological polar surface area (TPSA) is 43.4 Å². The second-order valence-electron chi connectivity index (χ2n) is 2.76. The third kappa shape index (κ3) is 2.96. The number of Topliss-reactive ketones (excluding diaryl/α,β-unsaturated/α-hetero) is 1. The van der Waals surface area contributed by atoms with Crippen LogP contribution >= 0.6 is 15.9 Å². The molecule has 1 aromatic carbocycles. The summed E-state index contributed by atoms with van der Waals surface area (Å²) >= 11 is 3.22. The number of halogens is 1. The fourth-order valence-corrected chi connectivity index (χ4v) is 1.32. The van der Waals surface area contributed by atoms with E-state index < -0.39 is 5.97 Å². The molecule has 0 saturated heterocycles. The lowest BCUT2D eigenvalue weighted by molar-refractivity contribution is -0.120. The zero-order valence-electron chi connectivity index (χ0n) is 7.62. The highest BCUT2D eigenvalue weighted by molar-refractivity contribution is 9.10. The van der Waals surface area contributed by atoms with Crippen molar-refractivity contribution in [2.24, 2.45) is 0 Å². The molecule has 0 amide bonds. The van der Waals surface area contributed by atoms with Gasteiger partial charge in [-0.25, -0.2) is 4.79 Å². The van der Waals surface area contributed by atoms with Gasteiger partial charge in [-0.3, -0.25) is 4.79 Å². The lowest BCUT2D eigenvalue weighted by Gasteiger charge is -2.03. The minimum Gasteiger partial charge on any atom is -0.454 e. The SMILES string of the molecule is CC(=O)COC(=O)c1ccccc1Br. The van der Waals surface area contributed by atoms with Crippen LogP contribution in [0.4, 0.5) is 0 Å². The molecular weight excluding hydrogens is 248 g/mol. The molecule has 0 unspecified atom stereocenters. The van der Waals surface area contributed by atoms with Gasteiger partial charge in [0.2, 0.25) is 0 Å². The van der Waals surface area contributed by atoms with Crippen molar-refractivity contribution in [3.63, 3.8) is 0 Å². The Balaban J connectivity index is 2.70. The molecule has 1 rings (SSSR count). The first-order valence-electron chi connectivity index (χ1n) is 4.02. The van der Waals surface area contributed by atoms with E-state index in [2.05, 4.69) is 15.9 Å².